The Labute approximate surface area is 290 Å². The number of hydrogen-bond donors (Lipinski definition) is 1. The minimum atomic E-state index is -1.56. The van der Waals surface area contributed by atoms with Gasteiger partial charge in [-0.2, -0.15) is 0 Å². The van der Waals surface area contributed by atoms with Crippen LogP contribution < -0.4 is 5.32 Å². The molecular formula is C42H43N2O4P. The number of nitrogens with one attached hydrogen (secondary N) is 1. The molecule has 0 radical (unpaired) electrons. The van der Waals surface area contributed by atoms with E-state index < -0.39 is 8.60 Å². The summed E-state index contributed by atoms with van der Waals surface area (Å²) in [7, 11) is -1.56. The minimum absolute atomic E-state index is 0.0394. The van der Waals surface area contributed by atoms with Gasteiger partial charge in [0.15, 0.2) is 0 Å². The van der Waals surface area contributed by atoms with Gasteiger partial charge < -0.3 is 18.9 Å². The van der Waals surface area contributed by atoms with Crippen LogP contribution in [0, 0.1) is 12.8 Å². The summed E-state index contributed by atoms with van der Waals surface area (Å²) in [6, 6.07) is 41.3. The second kappa shape index (κ2) is 15.6. The van der Waals surface area contributed by atoms with Gasteiger partial charge >= 0.3 is 8.60 Å². The number of aryl methyl sites for hydroxylation is 2. The van der Waals surface area contributed by atoms with Gasteiger partial charge in [-0.25, -0.2) is 0 Å². The van der Waals surface area contributed by atoms with Crippen molar-refractivity contribution in [2.75, 3.05) is 5.32 Å². The fourth-order valence-electron chi connectivity index (χ4n) is 7.61. The first-order valence-corrected chi connectivity index (χ1v) is 18.4. The Morgan fingerprint density at radius 1 is 0.816 bits per heavy atom. The highest BCUT2D eigenvalue weighted by atomic mass is 31.2. The summed E-state index contributed by atoms with van der Waals surface area (Å²) in [5, 5.41) is 3.06. The number of nitrogens with zero attached hydrogens (tertiary/aromatic N) is 1. The van der Waals surface area contributed by atoms with E-state index in [4.69, 9.17) is 13.6 Å². The predicted molar refractivity (Wildman–Crippen MR) is 195 cm³/mol. The maximum Gasteiger partial charge on any atom is 0.333 e. The molecule has 2 aliphatic rings. The van der Waals surface area contributed by atoms with Crippen LogP contribution in [0.5, 0.6) is 0 Å². The monoisotopic (exact) mass is 670 g/mol. The van der Waals surface area contributed by atoms with Crippen molar-refractivity contribution in [3.63, 3.8) is 0 Å². The SMILES string of the molecule is Cc1ncccc1NC(=O)c1ccc2c(c1)CCC1C[C@H](OP(OCc3ccccc3)OCc3ccccc3)CC[C@@]21Cc1ccccc1. The smallest absolute Gasteiger partial charge is 0.320 e. The fraction of sp³-hybridized carbons (Fsp3) is 0.286. The van der Waals surface area contributed by atoms with Crippen LogP contribution in [0.4, 0.5) is 5.69 Å². The Morgan fingerprint density at radius 3 is 2.12 bits per heavy atom. The van der Waals surface area contributed by atoms with E-state index in [0.29, 0.717) is 24.7 Å². The molecule has 0 aliphatic heterocycles. The number of anilines is 1. The lowest BCUT2D eigenvalue weighted by molar-refractivity contribution is 0.0330. The third-order valence-electron chi connectivity index (χ3n) is 10.1. The maximum absolute atomic E-state index is 13.4. The molecule has 3 atom stereocenters. The summed E-state index contributed by atoms with van der Waals surface area (Å²) in [6.45, 7) is 2.79. The van der Waals surface area contributed by atoms with Crippen molar-refractivity contribution in [3.05, 3.63) is 167 Å². The Morgan fingerprint density at radius 2 is 1.47 bits per heavy atom. The standard InChI is InChI=1S/C42H43N2O4P/c1-31-40(18-11-25-43-31)44-41(45)36-20-22-39-35(26-36)19-21-37-27-38(23-24-42(37,39)28-32-12-5-2-6-13-32)48-49(46-29-33-14-7-3-8-15-33)47-30-34-16-9-4-10-17-34/h2-18,20,22,25-26,37-38H,19,21,23-24,27-30H2,1H3,(H,44,45)/t37?,38-,42+/m1/s1. The van der Waals surface area contributed by atoms with Crippen molar-refractivity contribution in [1.82, 2.24) is 4.98 Å². The summed E-state index contributed by atoms with van der Waals surface area (Å²) in [5.74, 6) is 0.325. The summed E-state index contributed by atoms with van der Waals surface area (Å²) >= 11 is 0. The van der Waals surface area contributed by atoms with Gasteiger partial charge in [-0.3, -0.25) is 9.78 Å². The van der Waals surface area contributed by atoms with Crippen molar-refractivity contribution in [1.29, 1.82) is 0 Å². The van der Waals surface area contributed by atoms with Gasteiger partial charge in [0.25, 0.3) is 5.91 Å². The van der Waals surface area contributed by atoms with Gasteiger partial charge in [0, 0.05) is 17.2 Å². The van der Waals surface area contributed by atoms with Crippen molar-refractivity contribution < 1.29 is 18.4 Å². The number of amides is 1. The normalized spacial score (nSPS) is 20.0. The van der Waals surface area contributed by atoms with Crippen LogP contribution in [0.2, 0.25) is 0 Å². The Bertz CT molecular complexity index is 1790. The van der Waals surface area contributed by atoms with Gasteiger partial charge in [0.05, 0.1) is 30.7 Å². The number of fused-ring (bicyclic) bond motifs is 3. The molecule has 250 valence electrons. The van der Waals surface area contributed by atoms with Gasteiger partial charge in [-0.1, -0.05) is 97.1 Å². The minimum Gasteiger partial charge on any atom is -0.320 e. The highest BCUT2D eigenvalue weighted by Gasteiger charge is 2.48. The zero-order valence-corrected chi connectivity index (χ0v) is 28.9. The maximum atomic E-state index is 13.4. The fourth-order valence-corrected chi connectivity index (χ4v) is 8.75. The van der Waals surface area contributed by atoms with E-state index in [9.17, 15) is 4.79 Å². The molecule has 0 bridgehead atoms. The van der Waals surface area contributed by atoms with E-state index in [-0.39, 0.29) is 17.4 Å². The van der Waals surface area contributed by atoms with Crippen LogP contribution in [0.15, 0.2) is 128 Å². The zero-order valence-electron chi connectivity index (χ0n) is 28.0. The molecule has 5 aromatic rings. The average molecular weight is 671 g/mol. The number of benzene rings is 4. The van der Waals surface area contributed by atoms with Crippen LogP contribution in [0.25, 0.3) is 0 Å². The first-order valence-electron chi connectivity index (χ1n) is 17.3. The van der Waals surface area contributed by atoms with E-state index >= 15 is 0 Å². The molecule has 2 aliphatic carbocycles. The van der Waals surface area contributed by atoms with Gasteiger partial charge in [0.2, 0.25) is 0 Å². The Balaban J connectivity index is 1.11. The first kappa shape index (κ1) is 33.3. The van der Waals surface area contributed by atoms with Crippen molar-refractivity contribution in [3.8, 4) is 0 Å². The van der Waals surface area contributed by atoms with E-state index in [0.717, 1.165) is 61.0 Å². The molecule has 1 heterocycles. The van der Waals surface area contributed by atoms with Crippen LogP contribution in [-0.2, 0) is 45.0 Å². The van der Waals surface area contributed by atoms with E-state index in [1.165, 1.54) is 16.7 Å². The lowest BCUT2D eigenvalue weighted by Gasteiger charge is -2.51. The molecular weight excluding hydrogens is 627 g/mol. The van der Waals surface area contributed by atoms with Gasteiger partial charge in [-0.05, 0) is 103 Å². The van der Waals surface area contributed by atoms with E-state index in [2.05, 4.69) is 77.0 Å². The lowest BCUT2D eigenvalue weighted by Crippen LogP contribution is -2.47. The van der Waals surface area contributed by atoms with Crippen LogP contribution in [-0.4, -0.2) is 17.0 Å². The van der Waals surface area contributed by atoms with Crippen molar-refractivity contribution in [2.24, 2.45) is 5.92 Å². The lowest BCUT2D eigenvalue weighted by atomic mass is 9.54. The molecule has 1 saturated carbocycles. The molecule has 1 N–H and O–H groups in total. The van der Waals surface area contributed by atoms with Crippen molar-refractivity contribution >= 4 is 20.2 Å². The summed E-state index contributed by atoms with van der Waals surface area (Å²) in [6.07, 6.45) is 7.56. The third kappa shape index (κ3) is 8.01. The van der Waals surface area contributed by atoms with Crippen molar-refractivity contribution in [2.45, 2.75) is 70.2 Å². The molecule has 6 nitrogen and oxygen atoms in total. The first-order chi connectivity index (χ1) is 24.1. The largest absolute Gasteiger partial charge is 0.333 e. The van der Waals surface area contributed by atoms with Gasteiger partial charge in [0.1, 0.15) is 0 Å². The highest BCUT2D eigenvalue weighted by molar-refractivity contribution is 7.41. The van der Waals surface area contributed by atoms with Crippen LogP contribution in [0.3, 0.4) is 0 Å². The Hall–Kier alpha value is -4.19. The van der Waals surface area contributed by atoms with E-state index in [1.54, 1.807) is 6.20 Å². The molecule has 4 aromatic carbocycles. The zero-order chi connectivity index (χ0) is 33.5. The highest BCUT2D eigenvalue weighted by Crippen LogP contribution is 2.55. The molecule has 0 saturated heterocycles. The second-order valence-corrected chi connectivity index (χ2v) is 14.4. The molecule has 7 rings (SSSR count). The van der Waals surface area contributed by atoms with Crippen LogP contribution >= 0.6 is 8.60 Å². The Kier molecular flexibility index (Phi) is 10.6. The number of hydrogen-bond acceptors (Lipinski definition) is 5. The molecule has 1 unspecified atom stereocenters. The molecule has 1 fully saturated rings. The molecule has 1 amide bonds. The van der Waals surface area contributed by atoms with Crippen LogP contribution in [0.1, 0.15) is 69.6 Å². The topological polar surface area (TPSA) is 69.7 Å². The quantitative estimate of drug-likeness (QED) is 0.134. The predicted octanol–water partition coefficient (Wildman–Crippen LogP) is 9.91. The second-order valence-electron chi connectivity index (χ2n) is 13.3. The molecule has 7 heteroatoms. The number of aromatic nitrogens is 1. The third-order valence-corrected chi connectivity index (χ3v) is 11.3. The molecule has 49 heavy (non-hydrogen) atoms. The number of rotatable bonds is 12. The molecule has 1 aromatic heterocycles. The number of carbonyl (C=O) groups excluding carboxylic acids is 1. The number of carbonyl (C=O) groups is 1. The summed E-state index contributed by atoms with van der Waals surface area (Å²) < 4.78 is 19.4. The number of pyridine rings is 1. The van der Waals surface area contributed by atoms with Gasteiger partial charge in [-0.15, -0.1) is 0 Å². The summed E-state index contributed by atoms with van der Waals surface area (Å²) in [4.78, 5) is 17.7. The molecule has 0 spiro atoms. The average Bonchev–Trinajstić information content (AvgIpc) is 3.15. The van der Waals surface area contributed by atoms with E-state index in [1.807, 2.05) is 61.5 Å². The summed E-state index contributed by atoms with van der Waals surface area (Å²) in [5.41, 5.74) is 8.38.